The van der Waals surface area contributed by atoms with Gasteiger partial charge in [-0.25, -0.2) is 0 Å². The number of carbonyl (C=O) groups excluding carboxylic acids is 1. The van der Waals surface area contributed by atoms with Crippen LogP contribution in [0, 0.1) is 0 Å². The summed E-state index contributed by atoms with van der Waals surface area (Å²) in [4.78, 5) is 10.8. The van der Waals surface area contributed by atoms with E-state index >= 15 is 0 Å². The third-order valence-electron chi connectivity index (χ3n) is 2.00. The predicted molar refractivity (Wildman–Crippen MR) is 65.4 cm³/mol. The summed E-state index contributed by atoms with van der Waals surface area (Å²) in [7, 11) is 0. The normalized spacial score (nSPS) is 11.5. The molecule has 0 N–H and O–H groups in total. The van der Waals surface area contributed by atoms with Gasteiger partial charge in [-0.05, 0) is 36.1 Å². The Bertz CT molecular complexity index is 358. The van der Waals surface area contributed by atoms with Crippen LogP contribution in [-0.4, -0.2) is 12.2 Å². The zero-order valence-corrected chi connectivity index (χ0v) is 9.76. The molecule has 15 heavy (non-hydrogen) atoms. The summed E-state index contributed by atoms with van der Waals surface area (Å²) < 4.78 is 0. The third-order valence-corrected chi connectivity index (χ3v) is 2.61. The minimum absolute atomic E-state index is 0.563. The molecular formula is C12H12Cl2O. The van der Waals surface area contributed by atoms with E-state index in [4.69, 9.17) is 23.2 Å². The van der Waals surface area contributed by atoms with Crippen molar-refractivity contribution in [3.05, 3.63) is 40.4 Å². The van der Waals surface area contributed by atoms with Crippen LogP contribution in [0.2, 0.25) is 5.02 Å². The Balaban J connectivity index is 2.83. The standard InChI is InChI=1S/C12H12Cl2O/c13-7-3-4-10(9-15)8-11-5-1-2-6-12(11)14/h1-2,5-6,8-9H,3-4,7H2/b10-8-. The molecule has 0 radical (unpaired) electrons. The van der Waals surface area contributed by atoms with Crippen LogP contribution in [0.25, 0.3) is 6.08 Å². The number of benzene rings is 1. The van der Waals surface area contributed by atoms with Gasteiger partial charge in [0.1, 0.15) is 6.29 Å². The van der Waals surface area contributed by atoms with Crippen molar-refractivity contribution in [2.75, 3.05) is 5.88 Å². The molecule has 3 heteroatoms. The molecule has 0 atom stereocenters. The zero-order valence-electron chi connectivity index (χ0n) is 8.25. The monoisotopic (exact) mass is 242 g/mol. The largest absolute Gasteiger partial charge is 0.298 e. The maximum absolute atomic E-state index is 10.8. The SMILES string of the molecule is O=C/C(=C\c1ccccc1Cl)CCCCl. The molecule has 0 spiro atoms. The quantitative estimate of drug-likeness (QED) is 0.435. The van der Waals surface area contributed by atoms with Crippen molar-refractivity contribution in [3.63, 3.8) is 0 Å². The van der Waals surface area contributed by atoms with Gasteiger partial charge in [-0.2, -0.15) is 0 Å². The lowest BCUT2D eigenvalue weighted by Gasteiger charge is -2.00. The van der Waals surface area contributed by atoms with Crippen molar-refractivity contribution in [1.82, 2.24) is 0 Å². The van der Waals surface area contributed by atoms with Gasteiger partial charge in [0.05, 0.1) is 0 Å². The van der Waals surface area contributed by atoms with Gasteiger partial charge in [0.15, 0.2) is 0 Å². The minimum atomic E-state index is 0.563. The number of allylic oxidation sites excluding steroid dienone is 1. The molecule has 0 aliphatic carbocycles. The van der Waals surface area contributed by atoms with Crippen molar-refractivity contribution in [2.24, 2.45) is 0 Å². The molecule has 0 unspecified atom stereocenters. The molecule has 1 nitrogen and oxygen atoms in total. The highest BCUT2D eigenvalue weighted by molar-refractivity contribution is 6.32. The highest BCUT2D eigenvalue weighted by Gasteiger charge is 1.99. The van der Waals surface area contributed by atoms with Gasteiger partial charge in [0.25, 0.3) is 0 Å². The Hall–Kier alpha value is -0.790. The number of hydrogen-bond donors (Lipinski definition) is 0. The first-order valence-corrected chi connectivity index (χ1v) is 5.65. The smallest absolute Gasteiger partial charge is 0.146 e. The van der Waals surface area contributed by atoms with Crippen LogP contribution in [0.4, 0.5) is 0 Å². The van der Waals surface area contributed by atoms with Gasteiger partial charge in [0.2, 0.25) is 0 Å². The van der Waals surface area contributed by atoms with Crippen LogP contribution in [-0.2, 0) is 4.79 Å². The number of rotatable bonds is 5. The number of aldehydes is 1. The number of halogens is 2. The lowest BCUT2D eigenvalue weighted by Crippen LogP contribution is -1.87. The molecule has 0 aromatic heterocycles. The van der Waals surface area contributed by atoms with Crippen molar-refractivity contribution in [3.8, 4) is 0 Å². The summed E-state index contributed by atoms with van der Waals surface area (Å²) >= 11 is 11.5. The molecule has 0 fully saturated rings. The molecule has 0 aliphatic heterocycles. The fourth-order valence-electron chi connectivity index (χ4n) is 1.23. The Labute approximate surface area is 99.7 Å². The van der Waals surface area contributed by atoms with Crippen LogP contribution >= 0.6 is 23.2 Å². The molecule has 0 heterocycles. The van der Waals surface area contributed by atoms with Crippen molar-refractivity contribution >= 4 is 35.6 Å². The summed E-state index contributed by atoms with van der Waals surface area (Å²) in [5, 5.41) is 0.655. The fourth-order valence-corrected chi connectivity index (χ4v) is 1.55. The van der Waals surface area contributed by atoms with Crippen molar-refractivity contribution in [2.45, 2.75) is 12.8 Å². The highest BCUT2D eigenvalue weighted by Crippen LogP contribution is 2.19. The molecule has 0 aliphatic rings. The van der Waals surface area contributed by atoms with E-state index in [1.807, 2.05) is 24.3 Å². The van der Waals surface area contributed by atoms with E-state index in [9.17, 15) is 4.79 Å². The van der Waals surface area contributed by atoms with Crippen LogP contribution in [0.3, 0.4) is 0 Å². The van der Waals surface area contributed by atoms with Crippen LogP contribution in [0.15, 0.2) is 29.8 Å². The second kappa shape index (κ2) is 6.65. The molecule has 0 bridgehead atoms. The molecule has 1 rings (SSSR count). The number of hydrogen-bond acceptors (Lipinski definition) is 1. The Kier molecular flexibility index (Phi) is 5.44. The van der Waals surface area contributed by atoms with E-state index < -0.39 is 0 Å². The topological polar surface area (TPSA) is 17.1 Å². The van der Waals surface area contributed by atoms with Gasteiger partial charge in [0, 0.05) is 10.9 Å². The van der Waals surface area contributed by atoms with E-state index in [1.54, 1.807) is 6.07 Å². The maximum Gasteiger partial charge on any atom is 0.146 e. The maximum atomic E-state index is 10.8. The lowest BCUT2D eigenvalue weighted by molar-refractivity contribution is -0.105. The van der Waals surface area contributed by atoms with E-state index in [0.29, 0.717) is 17.3 Å². The summed E-state index contributed by atoms with van der Waals surface area (Å²) in [5.74, 6) is 0.563. The van der Waals surface area contributed by atoms with E-state index in [2.05, 4.69) is 0 Å². The first-order chi connectivity index (χ1) is 7.27. The second-order valence-electron chi connectivity index (χ2n) is 3.15. The van der Waals surface area contributed by atoms with Crippen molar-refractivity contribution in [1.29, 1.82) is 0 Å². The molecule has 80 valence electrons. The predicted octanol–water partition coefficient (Wildman–Crippen LogP) is 3.94. The number of alkyl halides is 1. The molecule has 1 aromatic rings. The van der Waals surface area contributed by atoms with E-state index in [0.717, 1.165) is 23.8 Å². The van der Waals surface area contributed by atoms with Gasteiger partial charge >= 0.3 is 0 Å². The average Bonchev–Trinajstić information content (AvgIpc) is 2.26. The first kappa shape index (κ1) is 12.3. The Morgan fingerprint density at radius 3 is 2.67 bits per heavy atom. The third kappa shape index (κ3) is 4.06. The summed E-state index contributed by atoms with van der Waals surface area (Å²) in [6, 6.07) is 7.44. The second-order valence-corrected chi connectivity index (χ2v) is 3.94. The summed E-state index contributed by atoms with van der Waals surface area (Å²) in [6.07, 6.45) is 4.16. The Morgan fingerprint density at radius 1 is 1.33 bits per heavy atom. The molecule has 0 saturated carbocycles. The average molecular weight is 243 g/mol. The molecule has 0 amide bonds. The van der Waals surface area contributed by atoms with Crippen LogP contribution in [0.1, 0.15) is 18.4 Å². The lowest BCUT2D eigenvalue weighted by atomic mass is 10.1. The van der Waals surface area contributed by atoms with Crippen LogP contribution < -0.4 is 0 Å². The number of carbonyl (C=O) groups is 1. The summed E-state index contributed by atoms with van der Waals surface area (Å²) in [6.45, 7) is 0. The molecule has 1 aromatic carbocycles. The van der Waals surface area contributed by atoms with Gasteiger partial charge < -0.3 is 0 Å². The summed E-state index contributed by atoms with van der Waals surface area (Å²) in [5.41, 5.74) is 1.60. The van der Waals surface area contributed by atoms with Gasteiger partial charge in [-0.3, -0.25) is 4.79 Å². The highest BCUT2D eigenvalue weighted by atomic mass is 35.5. The zero-order chi connectivity index (χ0) is 11.1. The van der Waals surface area contributed by atoms with Crippen LogP contribution in [0.5, 0.6) is 0 Å². The molecule has 0 saturated heterocycles. The van der Waals surface area contributed by atoms with Gasteiger partial charge in [-0.15, -0.1) is 11.6 Å². The minimum Gasteiger partial charge on any atom is -0.298 e. The van der Waals surface area contributed by atoms with E-state index in [-0.39, 0.29) is 0 Å². The Morgan fingerprint density at radius 2 is 2.07 bits per heavy atom. The van der Waals surface area contributed by atoms with Gasteiger partial charge in [-0.1, -0.05) is 29.8 Å². The first-order valence-electron chi connectivity index (χ1n) is 4.74. The molecular weight excluding hydrogens is 231 g/mol. The van der Waals surface area contributed by atoms with E-state index in [1.165, 1.54) is 0 Å². The van der Waals surface area contributed by atoms with Crippen molar-refractivity contribution < 1.29 is 4.79 Å². The fraction of sp³-hybridized carbons (Fsp3) is 0.250.